The number of amides is 1. The second-order valence-corrected chi connectivity index (χ2v) is 6.07. The molecule has 0 radical (unpaired) electrons. The van der Waals surface area contributed by atoms with Crippen molar-refractivity contribution in [1.82, 2.24) is 15.0 Å². The highest BCUT2D eigenvalue weighted by Crippen LogP contribution is 2.23. The van der Waals surface area contributed by atoms with E-state index in [1.807, 2.05) is 48.5 Å². The molecule has 1 amide bonds. The largest absolute Gasteiger partial charge is 0.319 e. The van der Waals surface area contributed by atoms with Crippen LogP contribution in [0.2, 0.25) is 0 Å². The van der Waals surface area contributed by atoms with E-state index in [4.69, 9.17) is 0 Å². The van der Waals surface area contributed by atoms with Gasteiger partial charge in [-0.2, -0.15) is 0 Å². The first-order valence-electron chi connectivity index (χ1n) is 7.58. The number of benzene rings is 1. The van der Waals surface area contributed by atoms with Gasteiger partial charge in [0.1, 0.15) is 11.5 Å². The summed E-state index contributed by atoms with van der Waals surface area (Å²) >= 11 is 1.35. The van der Waals surface area contributed by atoms with Crippen LogP contribution in [0.3, 0.4) is 0 Å². The van der Waals surface area contributed by atoms with Gasteiger partial charge < -0.3 is 10.6 Å². The Balaban J connectivity index is 1.53. The first kappa shape index (κ1) is 15.2. The van der Waals surface area contributed by atoms with Gasteiger partial charge in [-0.1, -0.05) is 24.3 Å². The number of rotatable bonds is 4. The molecule has 0 fully saturated rings. The molecular weight excluding hydrogens is 334 g/mol. The third-order valence-corrected chi connectivity index (χ3v) is 4.28. The van der Waals surface area contributed by atoms with E-state index < -0.39 is 0 Å². The topological polar surface area (TPSA) is 79.8 Å². The molecule has 0 spiro atoms. The van der Waals surface area contributed by atoms with E-state index in [1.54, 1.807) is 17.8 Å². The van der Waals surface area contributed by atoms with Gasteiger partial charge in [-0.25, -0.2) is 9.97 Å². The SMILES string of the molecule is O=C(Nc1cccc2cccnc12)c1csc(Nc2ccccn2)n1. The predicted molar refractivity (Wildman–Crippen MR) is 99.3 cm³/mol. The molecule has 0 aliphatic heterocycles. The maximum Gasteiger partial charge on any atom is 0.275 e. The van der Waals surface area contributed by atoms with Crippen molar-refractivity contribution >= 4 is 44.8 Å². The van der Waals surface area contributed by atoms with Gasteiger partial charge >= 0.3 is 0 Å². The summed E-state index contributed by atoms with van der Waals surface area (Å²) in [5, 5.41) is 9.24. The van der Waals surface area contributed by atoms with Crippen LogP contribution < -0.4 is 10.6 Å². The molecule has 0 saturated carbocycles. The van der Waals surface area contributed by atoms with Gasteiger partial charge in [0, 0.05) is 23.2 Å². The van der Waals surface area contributed by atoms with Crippen molar-refractivity contribution in [3.8, 4) is 0 Å². The molecule has 122 valence electrons. The quantitative estimate of drug-likeness (QED) is 0.581. The summed E-state index contributed by atoms with van der Waals surface area (Å²) in [5.41, 5.74) is 1.76. The van der Waals surface area contributed by atoms with Crippen molar-refractivity contribution in [2.75, 3.05) is 10.6 Å². The highest BCUT2D eigenvalue weighted by molar-refractivity contribution is 7.14. The van der Waals surface area contributed by atoms with E-state index in [2.05, 4.69) is 25.6 Å². The molecule has 3 heterocycles. The first-order chi connectivity index (χ1) is 12.3. The molecule has 4 aromatic rings. The molecule has 7 heteroatoms. The Hall–Kier alpha value is -3.32. The van der Waals surface area contributed by atoms with Gasteiger partial charge in [-0.3, -0.25) is 9.78 Å². The van der Waals surface area contributed by atoms with E-state index >= 15 is 0 Å². The average Bonchev–Trinajstić information content (AvgIpc) is 3.11. The maximum absolute atomic E-state index is 12.5. The molecule has 4 rings (SSSR count). The number of carbonyl (C=O) groups excluding carboxylic acids is 1. The number of carbonyl (C=O) groups is 1. The van der Waals surface area contributed by atoms with Crippen LogP contribution in [0.4, 0.5) is 16.6 Å². The van der Waals surface area contributed by atoms with Crippen molar-refractivity contribution in [2.45, 2.75) is 0 Å². The van der Waals surface area contributed by atoms with Crippen molar-refractivity contribution in [3.05, 3.63) is 72.0 Å². The van der Waals surface area contributed by atoms with Crippen LogP contribution in [-0.2, 0) is 0 Å². The Labute approximate surface area is 147 Å². The molecule has 0 atom stereocenters. The molecule has 25 heavy (non-hydrogen) atoms. The standard InChI is InChI=1S/C18H13N5OS/c24-17(21-13-7-3-5-12-6-4-10-20-16(12)13)14-11-25-18(22-14)23-15-8-1-2-9-19-15/h1-11H,(H,21,24)(H,19,22,23). The van der Waals surface area contributed by atoms with Gasteiger partial charge in [0.05, 0.1) is 11.2 Å². The summed E-state index contributed by atoms with van der Waals surface area (Å²) in [5.74, 6) is 0.408. The molecule has 1 aromatic carbocycles. The van der Waals surface area contributed by atoms with Crippen LogP contribution in [0, 0.1) is 0 Å². The Morgan fingerprint density at radius 3 is 2.72 bits per heavy atom. The van der Waals surface area contributed by atoms with Gasteiger partial charge in [0.15, 0.2) is 5.13 Å². The monoisotopic (exact) mass is 347 g/mol. The number of pyridine rings is 2. The fourth-order valence-corrected chi connectivity index (χ4v) is 3.07. The van der Waals surface area contributed by atoms with Gasteiger partial charge in [-0.05, 0) is 24.3 Å². The molecule has 6 nitrogen and oxygen atoms in total. The zero-order chi connectivity index (χ0) is 17.1. The van der Waals surface area contributed by atoms with E-state index in [-0.39, 0.29) is 5.91 Å². The zero-order valence-corrected chi connectivity index (χ0v) is 13.8. The van der Waals surface area contributed by atoms with E-state index in [0.717, 1.165) is 10.9 Å². The molecular formula is C18H13N5OS. The smallest absolute Gasteiger partial charge is 0.275 e. The van der Waals surface area contributed by atoms with Crippen LogP contribution in [-0.4, -0.2) is 20.9 Å². The summed E-state index contributed by atoms with van der Waals surface area (Å²) in [6, 6.07) is 15.0. The second-order valence-electron chi connectivity index (χ2n) is 5.21. The summed E-state index contributed by atoms with van der Waals surface area (Å²) < 4.78 is 0. The number of hydrogen-bond donors (Lipinski definition) is 2. The number of nitrogens with one attached hydrogen (secondary N) is 2. The minimum absolute atomic E-state index is 0.275. The van der Waals surface area contributed by atoms with Crippen LogP contribution in [0.5, 0.6) is 0 Å². The number of fused-ring (bicyclic) bond motifs is 1. The van der Waals surface area contributed by atoms with Crippen molar-refractivity contribution in [2.24, 2.45) is 0 Å². The van der Waals surface area contributed by atoms with Crippen LogP contribution in [0.15, 0.2) is 66.3 Å². The Morgan fingerprint density at radius 1 is 0.960 bits per heavy atom. The summed E-state index contributed by atoms with van der Waals surface area (Å²) in [4.78, 5) is 25.3. The number of thiazole rings is 1. The van der Waals surface area contributed by atoms with Crippen LogP contribution in [0.1, 0.15) is 10.5 Å². The van der Waals surface area contributed by atoms with Crippen LogP contribution >= 0.6 is 11.3 Å². The van der Waals surface area contributed by atoms with Crippen molar-refractivity contribution in [3.63, 3.8) is 0 Å². The van der Waals surface area contributed by atoms with Crippen molar-refractivity contribution < 1.29 is 4.79 Å². The van der Waals surface area contributed by atoms with Gasteiger partial charge in [0.25, 0.3) is 5.91 Å². The number of para-hydroxylation sites is 1. The van der Waals surface area contributed by atoms with E-state index in [1.165, 1.54) is 11.3 Å². The fraction of sp³-hybridized carbons (Fsp3) is 0. The number of nitrogens with zero attached hydrogens (tertiary/aromatic N) is 3. The summed E-state index contributed by atoms with van der Waals surface area (Å²) in [7, 11) is 0. The minimum Gasteiger partial charge on any atom is -0.319 e. The first-order valence-corrected chi connectivity index (χ1v) is 8.46. The number of aromatic nitrogens is 3. The molecule has 0 aliphatic carbocycles. The molecule has 2 N–H and O–H groups in total. The summed E-state index contributed by atoms with van der Waals surface area (Å²) in [6.07, 6.45) is 3.40. The number of anilines is 3. The van der Waals surface area contributed by atoms with E-state index in [9.17, 15) is 4.79 Å². The lowest BCUT2D eigenvalue weighted by atomic mass is 10.2. The Morgan fingerprint density at radius 2 is 1.84 bits per heavy atom. The third-order valence-electron chi connectivity index (χ3n) is 3.52. The lowest BCUT2D eigenvalue weighted by Gasteiger charge is -2.06. The molecule has 0 bridgehead atoms. The number of hydrogen-bond acceptors (Lipinski definition) is 6. The van der Waals surface area contributed by atoms with Crippen LogP contribution in [0.25, 0.3) is 10.9 Å². The Bertz CT molecular complexity index is 1030. The highest BCUT2D eigenvalue weighted by atomic mass is 32.1. The maximum atomic E-state index is 12.5. The lowest BCUT2D eigenvalue weighted by Crippen LogP contribution is -2.13. The average molecular weight is 347 g/mol. The Kier molecular flexibility index (Phi) is 4.05. The molecule has 0 unspecified atom stereocenters. The zero-order valence-electron chi connectivity index (χ0n) is 13.0. The highest BCUT2D eigenvalue weighted by Gasteiger charge is 2.13. The second kappa shape index (κ2) is 6.66. The minimum atomic E-state index is -0.275. The third kappa shape index (κ3) is 3.31. The lowest BCUT2D eigenvalue weighted by molar-refractivity contribution is 0.102. The summed E-state index contributed by atoms with van der Waals surface area (Å²) in [6.45, 7) is 0. The molecule has 0 aliphatic rings. The fourth-order valence-electron chi connectivity index (χ4n) is 2.37. The normalized spacial score (nSPS) is 10.6. The van der Waals surface area contributed by atoms with Gasteiger partial charge in [-0.15, -0.1) is 11.3 Å². The predicted octanol–water partition coefficient (Wildman–Crippen LogP) is 4.08. The van der Waals surface area contributed by atoms with Gasteiger partial charge in [0.2, 0.25) is 0 Å². The molecule has 3 aromatic heterocycles. The molecule has 0 saturated heterocycles. The van der Waals surface area contributed by atoms with E-state index in [0.29, 0.717) is 22.3 Å². The van der Waals surface area contributed by atoms with Crippen molar-refractivity contribution in [1.29, 1.82) is 0 Å².